The topological polar surface area (TPSA) is 160 Å². The fraction of sp³-hybridized carbons (Fsp3) is 0.111. The first-order valence-electron chi connectivity index (χ1n) is 12.2. The maximum atomic E-state index is 13.1. The van der Waals surface area contributed by atoms with Crippen LogP contribution in [0.4, 0.5) is 5.69 Å². The number of ether oxygens (including phenoxy) is 1. The van der Waals surface area contributed by atoms with Gasteiger partial charge in [-0.3, -0.25) is 14.4 Å². The van der Waals surface area contributed by atoms with Crippen LogP contribution in [0.3, 0.4) is 0 Å². The molecule has 0 saturated carbocycles. The number of carbonyl (C=O) groups is 3. The highest BCUT2D eigenvalue weighted by molar-refractivity contribution is 6.00. The molecular weight excluding hydrogens is 516 g/mol. The molecule has 4 aromatic rings. The molecule has 13 heteroatoms. The summed E-state index contributed by atoms with van der Waals surface area (Å²) in [6, 6.07) is 15.7. The van der Waals surface area contributed by atoms with Gasteiger partial charge >= 0.3 is 0 Å². The number of benzene rings is 2. The Bertz CT molecular complexity index is 1710. The summed E-state index contributed by atoms with van der Waals surface area (Å²) in [7, 11) is 0. The minimum atomic E-state index is -0.471. The van der Waals surface area contributed by atoms with Crippen LogP contribution in [0.2, 0.25) is 0 Å². The Morgan fingerprint density at radius 1 is 0.975 bits per heavy atom. The molecule has 2 aromatic carbocycles. The number of nitrogens with zero attached hydrogens (tertiary/aromatic N) is 4. The Balaban J connectivity index is 1.13. The van der Waals surface area contributed by atoms with E-state index in [4.69, 9.17) is 9.57 Å². The van der Waals surface area contributed by atoms with Crippen molar-refractivity contribution in [3.8, 4) is 5.75 Å². The van der Waals surface area contributed by atoms with E-state index in [1.54, 1.807) is 24.3 Å². The lowest BCUT2D eigenvalue weighted by Gasteiger charge is -2.18. The SMILES string of the molecule is C=C1NC(c2ccc(CNC(=O)c3cc(C(=O)NCc4ccc5c(c4)NC(=O)CO5)nc4ccnn34)cc2)=NO1. The summed E-state index contributed by atoms with van der Waals surface area (Å²) in [4.78, 5) is 47.0. The number of anilines is 1. The van der Waals surface area contributed by atoms with E-state index < -0.39 is 11.8 Å². The van der Waals surface area contributed by atoms with Crippen LogP contribution in [0.5, 0.6) is 5.75 Å². The third kappa shape index (κ3) is 5.03. The molecule has 4 heterocycles. The van der Waals surface area contributed by atoms with Crippen LogP contribution in [-0.2, 0) is 22.7 Å². The molecule has 0 aliphatic carbocycles. The molecule has 2 aromatic heterocycles. The molecule has 0 radical (unpaired) electrons. The van der Waals surface area contributed by atoms with Crippen LogP contribution < -0.4 is 26.0 Å². The van der Waals surface area contributed by atoms with Gasteiger partial charge in [0.25, 0.3) is 17.7 Å². The number of fused-ring (bicyclic) bond motifs is 2. The minimum Gasteiger partial charge on any atom is -0.482 e. The lowest BCUT2D eigenvalue weighted by Crippen LogP contribution is -2.28. The number of rotatable bonds is 7. The second-order valence-electron chi connectivity index (χ2n) is 8.94. The number of hydrogen-bond donors (Lipinski definition) is 4. The van der Waals surface area contributed by atoms with Crippen LogP contribution >= 0.6 is 0 Å². The van der Waals surface area contributed by atoms with Crippen LogP contribution in [0, 0.1) is 0 Å². The molecule has 0 atom stereocenters. The third-order valence-electron chi connectivity index (χ3n) is 6.14. The predicted octanol–water partition coefficient (Wildman–Crippen LogP) is 1.67. The second kappa shape index (κ2) is 10.2. The largest absolute Gasteiger partial charge is 0.482 e. The van der Waals surface area contributed by atoms with Crippen molar-refractivity contribution >= 4 is 34.9 Å². The van der Waals surface area contributed by atoms with E-state index in [-0.39, 0.29) is 37.0 Å². The highest BCUT2D eigenvalue weighted by Gasteiger charge is 2.19. The van der Waals surface area contributed by atoms with Crippen LogP contribution in [0.1, 0.15) is 37.7 Å². The third-order valence-corrected chi connectivity index (χ3v) is 6.14. The molecule has 0 unspecified atom stereocenters. The molecule has 3 amide bonds. The van der Waals surface area contributed by atoms with Crippen molar-refractivity contribution in [1.82, 2.24) is 30.5 Å². The van der Waals surface area contributed by atoms with Gasteiger partial charge < -0.3 is 30.8 Å². The van der Waals surface area contributed by atoms with Crippen molar-refractivity contribution in [2.24, 2.45) is 5.16 Å². The number of aromatic nitrogens is 3. The molecule has 0 bridgehead atoms. The summed E-state index contributed by atoms with van der Waals surface area (Å²) in [5.74, 6) is 0.331. The summed E-state index contributed by atoms with van der Waals surface area (Å²) < 4.78 is 6.74. The number of amidine groups is 1. The number of amides is 3. The van der Waals surface area contributed by atoms with Crippen LogP contribution in [-0.4, -0.2) is 44.8 Å². The fourth-order valence-corrected chi connectivity index (χ4v) is 4.16. The van der Waals surface area contributed by atoms with Crippen molar-refractivity contribution in [3.05, 3.63) is 101 Å². The average Bonchev–Trinajstić information content (AvgIpc) is 3.63. The molecule has 200 valence electrons. The summed E-state index contributed by atoms with van der Waals surface area (Å²) in [6.45, 7) is 4.04. The van der Waals surface area contributed by atoms with Crippen molar-refractivity contribution in [3.63, 3.8) is 0 Å². The van der Waals surface area contributed by atoms with E-state index in [1.807, 2.05) is 24.3 Å². The molecule has 4 N–H and O–H groups in total. The summed E-state index contributed by atoms with van der Waals surface area (Å²) in [6.07, 6.45) is 1.50. The quantitative estimate of drug-likeness (QED) is 0.276. The molecular formula is C27H22N8O5. The molecule has 2 aliphatic rings. The van der Waals surface area contributed by atoms with Gasteiger partial charge in [-0.1, -0.05) is 35.5 Å². The van der Waals surface area contributed by atoms with E-state index in [9.17, 15) is 14.4 Å². The molecule has 6 rings (SSSR count). The molecule has 0 saturated heterocycles. The van der Waals surface area contributed by atoms with Gasteiger partial charge in [-0.25, -0.2) is 9.50 Å². The second-order valence-corrected chi connectivity index (χ2v) is 8.94. The zero-order chi connectivity index (χ0) is 27.6. The Kier molecular flexibility index (Phi) is 6.28. The van der Waals surface area contributed by atoms with E-state index in [1.165, 1.54) is 16.8 Å². The maximum absolute atomic E-state index is 13.1. The van der Waals surface area contributed by atoms with E-state index in [0.717, 1.165) is 16.7 Å². The van der Waals surface area contributed by atoms with Gasteiger partial charge in [-0.15, -0.1) is 0 Å². The van der Waals surface area contributed by atoms with E-state index in [2.05, 4.69) is 43.1 Å². The Hall–Kier alpha value is -5.72. The van der Waals surface area contributed by atoms with E-state index >= 15 is 0 Å². The number of nitrogens with one attached hydrogen (secondary N) is 4. The lowest BCUT2D eigenvalue weighted by molar-refractivity contribution is -0.118. The van der Waals surface area contributed by atoms with Crippen LogP contribution in [0.15, 0.2) is 78.4 Å². The first-order chi connectivity index (χ1) is 19.4. The van der Waals surface area contributed by atoms with Crippen molar-refractivity contribution in [2.45, 2.75) is 13.1 Å². The Labute approximate surface area is 226 Å². The van der Waals surface area contributed by atoms with Gasteiger partial charge in [-0.05, 0) is 29.8 Å². The molecule has 2 aliphatic heterocycles. The van der Waals surface area contributed by atoms with Gasteiger partial charge in [0.2, 0.25) is 5.88 Å². The fourth-order valence-electron chi connectivity index (χ4n) is 4.16. The molecule has 0 fully saturated rings. The number of hydrogen-bond acceptors (Lipinski definition) is 9. The monoisotopic (exact) mass is 538 g/mol. The van der Waals surface area contributed by atoms with Gasteiger partial charge in [0, 0.05) is 30.8 Å². The van der Waals surface area contributed by atoms with Gasteiger partial charge in [-0.2, -0.15) is 5.10 Å². The summed E-state index contributed by atoms with van der Waals surface area (Å²) >= 11 is 0. The first kappa shape index (κ1) is 24.6. The standard InChI is InChI=1S/C27H22N8O5/c1-15-31-25(34-40-15)18-5-2-16(3-6-18)12-29-27(38)21-11-20(32-23-8-9-30-35(21)23)26(37)28-13-17-4-7-22-19(10-17)33-24(36)14-39-22/h2-11H,1,12-14H2,(H,28,37)(H,29,38)(H,31,34)(H,33,36). The van der Waals surface area contributed by atoms with Crippen LogP contribution in [0.25, 0.3) is 5.65 Å². The first-order valence-corrected chi connectivity index (χ1v) is 12.2. The van der Waals surface area contributed by atoms with Gasteiger partial charge in [0.1, 0.15) is 17.1 Å². The van der Waals surface area contributed by atoms with Crippen molar-refractivity contribution in [2.75, 3.05) is 11.9 Å². The van der Waals surface area contributed by atoms with Crippen molar-refractivity contribution < 1.29 is 24.0 Å². The van der Waals surface area contributed by atoms with Gasteiger partial charge in [0.05, 0.1) is 11.9 Å². The number of carbonyl (C=O) groups excluding carboxylic acids is 3. The lowest BCUT2D eigenvalue weighted by atomic mass is 10.1. The molecule has 13 nitrogen and oxygen atoms in total. The summed E-state index contributed by atoms with van der Waals surface area (Å²) in [5.41, 5.74) is 3.52. The Morgan fingerprint density at radius 3 is 2.55 bits per heavy atom. The Morgan fingerprint density at radius 2 is 1.75 bits per heavy atom. The van der Waals surface area contributed by atoms with Crippen molar-refractivity contribution in [1.29, 1.82) is 0 Å². The zero-order valence-corrected chi connectivity index (χ0v) is 20.9. The normalized spacial score (nSPS) is 13.8. The minimum absolute atomic E-state index is 0.0332. The van der Waals surface area contributed by atoms with Gasteiger partial charge in [0.15, 0.2) is 18.1 Å². The number of oxime groups is 1. The molecule has 0 spiro atoms. The predicted molar refractivity (Wildman–Crippen MR) is 142 cm³/mol. The average molecular weight is 539 g/mol. The smallest absolute Gasteiger partial charge is 0.270 e. The maximum Gasteiger partial charge on any atom is 0.270 e. The highest BCUT2D eigenvalue weighted by atomic mass is 16.7. The highest BCUT2D eigenvalue weighted by Crippen LogP contribution is 2.28. The van der Waals surface area contributed by atoms with E-state index in [0.29, 0.717) is 28.8 Å². The molecule has 40 heavy (non-hydrogen) atoms. The summed E-state index contributed by atoms with van der Waals surface area (Å²) in [5, 5.41) is 19.4. The zero-order valence-electron chi connectivity index (χ0n) is 20.9.